The van der Waals surface area contributed by atoms with Crippen LogP contribution in [0.4, 0.5) is 0 Å². The van der Waals surface area contributed by atoms with Gasteiger partial charge >= 0.3 is 0 Å². The number of rotatable bonds is 5. The fraction of sp³-hybridized carbons (Fsp3) is 0.545. The maximum Gasteiger partial charge on any atom is 0.273 e. The van der Waals surface area contributed by atoms with Crippen LogP contribution in [0.5, 0.6) is 0 Å². The van der Waals surface area contributed by atoms with E-state index in [2.05, 4.69) is 16.2 Å². The Hall–Kier alpha value is -1.10. The molecule has 0 aromatic carbocycles. The first-order valence-electron chi connectivity index (χ1n) is 5.18. The van der Waals surface area contributed by atoms with Crippen molar-refractivity contribution in [3.63, 3.8) is 0 Å². The number of hydrogen-bond donors (Lipinski definition) is 0. The van der Waals surface area contributed by atoms with Crippen LogP contribution in [0.1, 0.15) is 22.6 Å². The zero-order valence-electron chi connectivity index (χ0n) is 9.93. The quantitative estimate of drug-likeness (QED) is 0.732. The fourth-order valence-electron chi connectivity index (χ4n) is 1.31. The minimum atomic E-state index is -0.0581. The highest BCUT2D eigenvalue weighted by Crippen LogP contribution is 2.02. The second kappa shape index (κ2) is 6.48. The van der Waals surface area contributed by atoms with E-state index in [1.165, 1.54) is 6.20 Å². The Bertz CT molecular complexity index is 357. The van der Waals surface area contributed by atoms with Crippen LogP contribution in [0.3, 0.4) is 0 Å². The molecule has 0 saturated heterocycles. The van der Waals surface area contributed by atoms with Gasteiger partial charge in [0.1, 0.15) is 5.69 Å². The van der Waals surface area contributed by atoms with Gasteiger partial charge in [0.15, 0.2) is 0 Å². The zero-order chi connectivity index (χ0) is 12.0. The lowest BCUT2D eigenvalue weighted by Gasteiger charge is -2.16. The average Bonchev–Trinajstić information content (AvgIpc) is 2.28. The van der Waals surface area contributed by atoms with Gasteiger partial charge in [0, 0.05) is 19.8 Å². The summed E-state index contributed by atoms with van der Waals surface area (Å²) in [5.74, 6) is 1.01. The van der Waals surface area contributed by atoms with Crippen LogP contribution >= 0.6 is 11.8 Å². The molecule has 0 N–H and O–H groups in total. The SMILES string of the molecule is CSCCCN(C)C(=O)c1cncc(C)n1. The number of amides is 1. The van der Waals surface area contributed by atoms with Crippen LogP contribution in [-0.2, 0) is 0 Å². The molecule has 0 spiro atoms. The number of hydrogen-bond acceptors (Lipinski definition) is 4. The van der Waals surface area contributed by atoms with Crippen molar-refractivity contribution in [2.24, 2.45) is 0 Å². The third kappa shape index (κ3) is 3.81. The Balaban J connectivity index is 2.56. The Kier molecular flexibility index (Phi) is 5.25. The summed E-state index contributed by atoms with van der Waals surface area (Å²) in [6, 6.07) is 0. The molecule has 0 radical (unpaired) electrons. The Morgan fingerprint density at radius 3 is 2.88 bits per heavy atom. The summed E-state index contributed by atoms with van der Waals surface area (Å²) in [6.07, 6.45) is 6.22. The number of carbonyl (C=O) groups is 1. The molecule has 1 rings (SSSR count). The first-order valence-corrected chi connectivity index (χ1v) is 6.57. The largest absolute Gasteiger partial charge is 0.340 e. The first-order chi connectivity index (χ1) is 7.65. The standard InChI is InChI=1S/C11H17N3OS/c1-9-7-12-8-10(13-9)11(15)14(2)5-4-6-16-3/h7-8H,4-6H2,1-3H3. The van der Waals surface area contributed by atoms with Crippen LogP contribution in [0.25, 0.3) is 0 Å². The maximum atomic E-state index is 11.9. The highest BCUT2D eigenvalue weighted by Gasteiger charge is 2.12. The lowest BCUT2D eigenvalue weighted by Crippen LogP contribution is -2.29. The van der Waals surface area contributed by atoms with E-state index in [1.54, 1.807) is 29.9 Å². The molecule has 1 aromatic heterocycles. The molecule has 5 heteroatoms. The summed E-state index contributed by atoms with van der Waals surface area (Å²) in [6.45, 7) is 2.59. The summed E-state index contributed by atoms with van der Waals surface area (Å²) in [7, 11) is 1.80. The van der Waals surface area contributed by atoms with Crippen molar-refractivity contribution in [2.75, 3.05) is 25.6 Å². The summed E-state index contributed by atoms with van der Waals surface area (Å²) >= 11 is 1.79. The second-order valence-corrected chi connectivity index (χ2v) is 4.60. The molecule has 4 nitrogen and oxygen atoms in total. The van der Waals surface area contributed by atoms with Gasteiger partial charge < -0.3 is 4.90 Å². The Morgan fingerprint density at radius 2 is 2.25 bits per heavy atom. The predicted octanol–water partition coefficient (Wildman–Crippen LogP) is 1.61. The average molecular weight is 239 g/mol. The summed E-state index contributed by atoms with van der Waals surface area (Å²) in [5.41, 5.74) is 1.19. The number of thioether (sulfide) groups is 1. The van der Waals surface area contributed by atoms with Crippen LogP contribution in [0, 0.1) is 6.92 Å². The molecule has 0 atom stereocenters. The number of aromatic nitrogens is 2. The minimum Gasteiger partial charge on any atom is -0.340 e. The van der Waals surface area contributed by atoms with Gasteiger partial charge in [0.05, 0.1) is 11.9 Å². The van der Waals surface area contributed by atoms with Gasteiger partial charge in [-0.05, 0) is 25.4 Å². The predicted molar refractivity (Wildman–Crippen MR) is 66.7 cm³/mol. The molecule has 0 aliphatic carbocycles. The van der Waals surface area contributed by atoms with Crippen molar-refractivity contribution in [3.8, 4) is 0 Å². The lowest BCUT2D eigenvalue weighted by molar-refractivity contribution is 0.0789. The smallest absolute Gasteiger partial charge is 0.273 e. The van der Waals surface area contributed by atoms with E-state index in [-0.39, 0.29) is 5.91 Å². The van der Waals surface area contributed by atoms with Gasteiger partial charge in [0.2, 0.25) is 0 Å². The van der Waals surface area contributed by atoms with Gasteiger partial charge in [-0.2, -0.15) is 11.8 Å². The van der Waals surface area contributed by atoms with Crippen molar-refractivity contribution in [2.45, 2.75) is 13.3 Å². The van der Waals surface area contributed by atoms with E-state index < -0.39 is 0 Å². The minimum absolute atomic E-state index is 0.0581. The molecule has 16 heavy (non-hydrogen) atoms. The molecule has 1 amide bonds. The van der Waals surface area contributed by atoms with Crippen molar-refractivity contribution in [1.29, 1.82) is 0 Å². The molecule has 1 aromatic rings. The second-order valence-electron chi connectivity index (χ2n) is 3.62. The summed E-state index contributed by atoms with van der Waals surface area (Å²) < 4.78 is 0. The van der Waals surface area contributed by atoms with Crippen LogP contribution in [0.15, 0.2) is 12.4 Å². The molecule has 0 aliphatic heterocycles. The van der Waals surface area contributed by atoms with Crippen LogP contribution in [0.2, 0.25) is 0 Å². The highest BCUT2D eigenvalue weighted by molar-refractivity contribution is 7.98. The fourth-order valence-corrected chi connectivity index (χ4v) is 1.73. The van der Waals surface area contributed by atoms with E-state index in [9.17, 15) is 4.79 Å². The molecule has 0 fully saturated rings. The van der Waals surface area contributed by atoms with Gasteiger partial charge in [-0.1, -0.05) is 0 Å². The van der Waals surface area contributed by atoms with E-state index in [4.69, 9.17) is 0 Å². The third-order valence-corrected chi connectivity index (χ3v) is 2.86. The third-order valence-electron chi connectivity index (χ3n) is 2.16. The molecule has 0 bridgehead atoms. The lowest BCUT2D eigenvalue weighted by atomic mass is 10.3. The Morgan fingerprint density at radius 1 is 1.50 bits per heavy atom. The molecule has 0 aliphatic rings. The normalized spacial score (nSPS) is 10.2. The van der Waals surface area contributed by atoms with Crippen LogP contribution in [-0.4, -0.2) is 46.4 Å². The number of carbonyl (C=O) groups excluding carboxylic acids is 1. The van der Waals surface area contributed by atoms with E-state index in [0.717, 1.165) is 24.4 Å². The summed E-state index contributed by atoms with van der Waals surface area (Å²) in [5, 5.41) is 0. The van der Waals surface area contributed by atoms with Crippen molar-refractivity contribution >= 4 is 17.7 Å². The Labute approximate surface area is 100 Å². The van der Waals surface area contributed by atoms with E-state index in [0.29, 0.717) is 5.69 Å². The molecular formula is C11H17N3OS. The monoisotopic (exact) mass is 239 g/mol. The van der Waals surface area contributed by atoms with Gasteiger partial charge in [-0.25, -0.2) is 4.98 Å². The topological polar surface area (TPSA) is 46.1 Å². The van der Waals surface area contributed by atoms with Crippen molar-refractivity contribution < 1.29 is 4.79 Å². The molecule has 1 heterocycles. The van der Waals surface area contributed by atoms with Gasteiger partial charge in [-0.3, -0.25) is 9.78 Å². The first kappa shape index (κ1) is 13.0. The van der Waals surface area contributed by atoms with E-state index in [1.807, 2.05) is 6.92 Å². The van der Waals surface area contributed by atoms with Gasteiger partial charge in [0.25, 0.3) is 5.91 Å². The summed E-state index contributed by atoms with van der Waals surface area (Å²) in [4.78, 5) is 21.7. The number of aryl methyl sites for hydroxylation is 1. The van der Waals surface area contributed by atoms with Crippen LogP contribution < -0.4 is 0 Å². The molecule has 88 valence electrons. The molecular weight excluding hydrogens is 222 g/mol. The van der Waals surface area contributed by atoms with Gasteiger partial charge in [-0.15, -0.1) is 0 Å². The number of nitrogens with zero attached hydrogens (tertiary/aromatic N) is 3. The molecule has 0 saturated carbocycles. The highest BCUT2D eigenvalue weighted by atomic mass is 32.2. The van der Waals surface area contributed by atoms with E-state index >= 15 is 0 Å². The molecule has 0 unspecified atom stereocenters. The van der Waals surface area contributed by atoms with Crippen molar-refractivity contribution in [1.82, 2.24) is 14.9 Å². The maximum absolute atomic E-state index is 11.9. The zero-order valence-corrected chi connectivity index (χ0v) is 10.8. The van der Waals surface area contributed by atoms with Crippen molar-refractivity contribution in [3.05, 3.63) is 23.8 Å².